The van der Waals surface area contributed by atoms with Crippen molar-refractivity contribution in [3.05, 3.63) is 74.1 Å². The monoisotopic (exact) mass is 462 g/mol. The smallest absolute Gasteiger partial charge is 0.296 e. The number of para-hydroxylation sites is 1. The number of amides is 1. The summed E-state index contributed by atoms with van der Waals surface area (Å²) in [5.41, 5.74) is 0.683. The maximum Gasteiger partial charge on any atom is 0.296 e. The van der Waals surface area contributed by atoms with Crippen LogP contribution in [0.2, 0.25) is 10.0 Å². The van der Waals surface area contributed by atoms with Gasteiger partial charge < -0.3 is 20.8 Å². The molecule has 0 radical (unpaired) electrons. The van der Waals surface area contributed by atoms with Gasteiger partial charge in [0, 0.05) is 31.4 Å². The van der Waals surface area contributed by atoms with Crippen LogP contribution in [-0.4, -0.2) is 38.8 Å². The van der Waals surface area contributed by atoms with Crippen molar-refractivity contribution in [2.75, 3.05) is 18.5 Å². The minimum atomic E-state index is -0.762. The standard InChI is InChI=1S/C21H20Cl2N4O4/c1-27-19(13-4-2-3-5-16(13)24-8-9-28)26-17(18(29)21(27)31)20(30)25-11-12-6-7-14(22)15(23)10-12/h2-7,10,24,28-29H,8-9,11H2,1H3,(H,25,30). The Bertz CT molecular complexity index is 1180. The number of nitrogens with zero attached hydrogens (tertiary/aromatic N) is 2. The topological polar surface area (TPSA) is 116 Å². The zero-order valence-corrected chi connectivity index (χ0v) is 18.0. The van der Waals surface area contributed by atoms with E-state index in [2.05, 4.69) is 15.6 Å². The molecule has 3 aromatic rings. The number of hydrogen-bond donors (Lipinski definition) is 4. The van der Waals surface area contributed by atoms with Gasteiger partial charge in [0.05, 0.1) is 16.7 Å². The molecular formula is C21H20Cl2N4O4. The van der Waals surface area contributed by atoms with Gasteiger partial charge in [0.2, 0.25) is 5.75 Å². The molecule has 0 atom stereocenters. The molecule has 3 rings (SSSR count). The largest absolute Gasteiger partial charge is 0.501 e. The molecule has 0 aliphatic carbocycles. The number of aliphatic hydroxyl groups is 1. The number of nitrogens with one attached hydrogen (secondary N) is 2. The molecule has 1 heterocycles. The summed E-state index contributed by atoms with van der Waals surface area (Å²) >= 11 is 11.9. The molecule has 1 amide bonds. The average Bonchev–Trinajstić information content (AvgIpc) is 2.77. The van der Waals surface area contributed by atoms with E-state index in [4.69, 9.17) is 28.3 Å². The van der Waals surface area contributed by atoms with E-state index in [9.17, 15) is 14.7 Å². The van der Waals surface area contributed by atoms with Crippen LogP contribution in [0.3, 0.4) is 0 Å². The molecule has 10 heteroatoms. The summed E-state index contributed by atoms with van der Waals surface area (Å²) in [4.78, 5) is 29.5. The number of carbonyl (C=O) groups is 1. The van der Waals surface area contributed by atoms with Gasteiger partial charge >= 0.3 is 0 Å². The molecule has 0 fully saturated rings. The van der Waals surface area contributed by atoms with Crippen molar-refractivity contribution < 1.29 is 15.0 Å². The van der Waals surface area contributed by atoms with Crippen molar-refractivity contribution in [2.24, 2.45) is 7.05 Å². The molecule has 0 aliphatic rings. The van der Waals surface area contributed by atoms with Crippen LogP contribution in [-0.2, 0) is 13.6 Å². The second-order valence-electron chi connectivity index (χ2n) is 6.62. The van der Waals surface area contributed by atoms with Crippen LogP contribution < -0.4 is 16.2 Å². The molecule has 8 nitrogen and oxygen atoms in total. The highest BCUT2D eigenvalue weighted by Gasteiger charge is 2.22. The Labute approximate surface area is 188 Å². The third-order valence-electron chi connectivity index (χ3n) is 4.51. The molecule has 162 valence electrons. The number of carbonyl (C=O) groups excluding carboxylic acids is 1. The van der Waals surface area contributed by atoms with Gasteiger partial charge in [-0.3, -0.25) is 14.2 Å². The van der Waals surface area contributed by atoms with Gasteiger partial charge in [-0.05, 0) is 29.8 Å². The number of aliphatic hydroxyl groups excluding tert-OH is 1. The second-order valence-corrected chi connectivity index (χ2v) is 7.44. The minimum absolute atomic E-state index is 0.0847. The van der Waals surface area contributed by atoms with E-state index < -0.39 is 22.9 Å². The molecule has 0 bridgehead atoms. The van der Waals surface area contributed by atoms with Gasteiger partial charge in [0.1, 0.15) is 5.82 Å². The zero-order chi connectivity index (χ0) is 22.5. The molecule has 1 aromatic heterocycles. The molecule has 2 aromatic carbocycles. The van der Waals surface area contributed by atoms with Gasteiger partial charge in [-0.1, -0.05) is 41.4 Å². The van der Waals surface area contributed by atoms with E-state index >= 15 is 0 Å². The normalized spacial score (nSPS) is 10.7. The lowest BCUT2D eigenvalue weighted by atomic mass is 10.1. The van der Waals surface area contributed by atoms with Gasteiger partial charge in [-0.15, -0.1) is 0 Å². The molecule has 0 saturated carbocycles. The number of rotatable bonds is 7. The van der Waals surface area contributed by atoms with Crippen molar-refractivity contribution in [3.63, 3.8) is 0 Å². The Morgan fingerprint density at radius 3 is 2.61 bits per heavy atom. The predicted molar refractivity (Wildman–Crippen MR) is 120 cm³/mol. The fourth-order valence-electron chi connectivity index (χ4n) is 2.93. The predicted octanol–water partition coefficient (Wildman–Crippen LogP) is 2.79. The molecule has 0 aliphatic heterocycles. The van der Waals surface area contributed by atoms with Crippen LogP contribution in [0.15, 0.2) is 47.3 Å². The van der Waals surface area contributed by atoms with Crippen molar-refractivity contribution in [1.29, 1.82) is 0 Å². The van der Waals surface area contributed by atoms with Crippen LogP contribution in [0.1, 0.15) is 16.1 Å². The third kappa shape index (κ3) is 4.99. The molecule has 0 unspecified atom stereocenters. The number of halogens is 2. The fourth-order valence-corrected chi connectivity index (χ4v) is 3.25. The lowest BCUT2D eigenvalue weighted by Gasteiger charge is -2.15. The zero-order valence-electron chi connectivity index (χ0n) is 16.5. The maximum atomic E-state index is 12.7. The number of benzene rings is 2. The van der Waals surface area contributed by atoms with E-state index in [-0.39, 0.29) is 19.0 Å². The maximum absolute atomic E-state index is 12.7. The summed E-state index contributed by atoms with van der Waals surface area (Å²) in [6, 6.07) is 11.9. The van der Waals surface area contributed by atoms with Gasteiger partial charge in [-0.2, -0.15) is 0 Å². The Morgan fingerprint density at radius 2 is 1.90 bits per heavy atom. The highest BCUT2D eigenvalue weighted by Crippen LogP contribution is 2.27. The van der Waals surface area contributed by atoms with Crippen LogP contribution in [0.5, 0.6) is 5.75 Å². The van der Waals surface area contributed by atoms with E-state index in [1.54, 1.807) is 42.5 Å². The number of hydrogen-bond acceptors (Lipinski definition) is 6. The fraction of sp³-hybridized carbons (Fsp3) is 0.190. The summed E-state index contributed by atoms with van der Waals surface area (Å²) in [7, 11) is 1.45. The minimum Gasteiger partial charge on any atom is -0.501 e. The van der Waals surface area contributed by atoms with E-state index in [0.29, 0.717) is 33.4 Å². The van der Waals surface area contributed by atoms with Crippen molar-refractivity contribution >= 4 is 34.8 Å². The Hall–Kier alpha value is -3.07. The number of aromatic nitrogens is 2. The van der Waals surface area contributed by atoms with Crippen LogP contribution in [0.25, 0.3) is 11.4 Å². The molecule has 0 saturated heterocycles. The summed E-state index contributed by atoms with van der Waals surface area (Å²) < 4.78 is 1.16. The van der Waals surface area contributed by atoms with E-state index in [1.807, 2.05) is 0 Å². The molecule has 31 heavy (non-hydrogen) atoms. The molecule has 4 N–H and O–H groups in total. The first-order valence-electron chi connectivity index (χ1n) is 9.29. The molecule has 0 spiro atoms. The highest BCUT2D eigenvalue weighted by atomic mass is 35.5. The van der Waals surface area contributed by atoms with Crippen LogP contribution >= 0.6 is 23.2 Å². The van der Waals surface area contributed by atoms with Crippen LogP contribution in [0, 0.1) is 0 Å². The number of anilines is 1. The van der Waals surface area contributed by atoms with E-state index in [1.165, 1.54) is 7.05 Å². The van der Waals surface area contributed by atoms with Crippen molar-refractivity contribution in [3.8, 4) is 17.1 Å². The summed E-state index contributed by atoms with van der Waals surface area (Å²) in [5, 5.41) is 25.7. The van der Waals surface area contributed by atoms with Gasteiger partial charge in [-0.25, -0.2) is 4.98 Å². The lowest BCUT2D eigenvalue weighted by Crippen LogP contribution is -2.29. The first-order chi connectivity index (χ1) is 14.8. The average molecular weight is 463 g/mol. The summed E-state index contributed by atoms with van der Waals surface area (Å²) in [6.07, 6.45) is 0. The highest BCUT2D eigenvalue weighted by molar-refractivity contribution is 6.42. The number of aromatic hydroxyl groups is 1. The Morgan fingerprint density at radius 1 is 1.16 bits per heavy atom. The lowest BCUT2D eigenvalue weighted by molar-refractivity contribution is 0.0942. The van der Waals surface area contributed by atoms with Gasteiger partial charge in [0.15, 0.2) is 5.69 Å². The van der Waals surface area contributed by atoms with Crippen molar-refractivity contribution in [2.45, 2.75) is 6.54 Å². The Kier molecular flexibility index (Phi) is 7.17. The SMILES string of the molecule is Cn1c(-c2ccccc2NCCO)nc(C(=O)NCc2ccc(Cl)c(Cl)c2)c(O)c1=O. The van der Waals surface area contributed by atoms with Crippen LogP contribution in [0.4, 0.5) is 5.69 Å². The van der Waals surface area contributed by atoms with Crippen molar-refractivity contribution in [1.82, 2.24) is 14.9 Å². The summed E-state index contributed by atoms with van der Waals surface area (Å²) in [6.45, 7) is 0.300. The summed E-state index contributed by atoms with van der Waals surface area (Å²) in [5.74, 6) is -1.29. The Balaban J connectivity index is 1.95. The first kappa shape index (κ1) is 22.6. The molecular weight excluding hydrogens is 443 g/mol. The third-order valence-corrected chi connectivity index (χ3v) is 5.25. The quantitative estimate of drug-likeness (QED) is 0.428. The van der Waals surface area contributed by atoms with E-state index in [0.717, 1.165) is 4.57 Å². The first-order valence-corrected chi connectivity index (χ1v) is 10.0. The van der Waals surface area contributed by atoms with Gasteiger partial charge in [0.25, 0.3) is 11.5 Å². The second kappa shape index (κ2) is 9.82.